The van der Waals surface area contributed by atoms with Gasteiger partial charge in [0.2, 0.25) is 5.65 Å². The summed E-state index contributed by atoms with van der Waals surface area (Å²) in [6.45, 7) is 0.979. The van der Waals surface area contributed by atoms with Gasteiger partial charge in [-0.25, -0.2) is 4.98 Å². The SMILES string of the molecule is [O-]c1c2ccccc2nc2c([N+]3=CCCC3)c3ccccc3n12. The van der Waals surface area contributed by atoms with Gasteiger partial charge in [0, 0.05) is 18.2 Å². The fraction of sp³-hybridized carbons (Fsp3) is 0.158. The van der Waals surface area contributed by atoms with Crippen molar-refractivity contribution in [2.45, 2.75) is 12.8 Å². The summed E-state index contributed by atoms with van der Waals surface area (Å²) in [5, 5.41) is 14.8. The van der Waals surface area contributed by atoms with Crippen molar-refractivity contribution in [3.63, 3.8) is 0 Å². The van der Waals surface area contributed by atoms with E-state index in [1.165, 1.54) is 0 Å². The van der Waals surface area contributed by atoms with Gasteiger partial charge in [0.25, 0.3) is 5.69 Å². The molecular weight excluding hydrogens is 286 g/mol. The van der Waals surface area contributed by atoms with Crippen LogP contribution in [-0.2, 0) is 0 Å². The standard InChI is InChI=1S/C19H15N3O/c23-19-13-7-1-3-9-15(13)20-18-17(21-11-5-6-12-21)14-8-2-4-10-16(14)22(18)19/h1-4,7-11H,5-6,12H2. The lowest BCUT2D eigenvalue weighted by Crippen LogP contribution is -2.04. The van der Waals surface area contributed by atoms with Crippen molar-refractivity contribution in [1.29, 1.82) is 0 Å². The van der Waals surface area contributed by atoms with E-state index in [-0.39, 0.29) is 5.88 Å². The first kappa shape index (κ1) is 12.6. The highest BCUT2D eigenvalue weighted by atomic mass is 16.3. The molecule has 1 aliphatic heterocycles. The van der Waals surface area contributed by atoms with Gasteiger partial charge in [-0.2, -0.15) is 4.58 Å². The maximum absolute atomic E-state index is 13.0. The summed E-state index contributed by atoms with van der Waals surface area (Å²) in [5.41, 5.74) is 3.50. The van der Waals surface area contributed by atoms with Crippen LogP contribution in [0.4, 0.5) is 5.69 Å². The third-order valence-electron chi connectivity index (χ3n) is 4.63. The first-order chi connectivity index (χ1) is 11.3. The molecule has 5 rings (SSSR count). The van der Waals surface area contributed by atoms with Crippen LogP contribution in [0.2, 0.25) is 0 Å². The molecule has 0 saturated heterocycles. The summed E-state index contributed by atoms with van der Waals surface area (Å²) in [7, 11) is 0. The van der Waals surface area contributed by atoms with E-state index >= 15 is 0 Å². The molecule has 3 heterocycles. The molecule has 4 aromatic rings. The van der Waals surface area contributed by atoms with Gasteiger partial charge in [0.1, 0.15) is 12.8 Å². The van der Waals surface area contributed by atoms with Gasteiger partial charge < -0.3 is 9.51 Å². The third-order valence-corrected chi connectivity index (χ3v) is 4.63. The fourth-order valence-corrected chi connectivity index (χ4v) is 3.59. The quantitative estimate of drug-likeness (QED) is 0.507. The molecule has 2 aromatic carbocycles. The van der Waals surface area contributed by atoms with Crippen LogP contribution in [0.1, 0.15) is 12.8 Å². The predicted molar refractivity (Wildman–Crippen MR) is 89.7 cm³/mol. The summed E-state index contributed by atoms with van der Waals surface area (Å²) in [6, 6.07) is 15.6. The van der Waals surface area contributed by atoms with Crippen molar-refractivity contribution in [2.24, 2.45) is 0 Å². The number of nitrogens with zero attached hydrogens (tertiary/aromatic N) is 3. The van der Waals surface area contributed by atoms with Gasteiger partial charge in [-0.1, -0.05) is 30.3 Å². The van der Waals surface area contributed by atoms with Crippen LogP contribution < -0.4 is 5.11 Å². The van der Waals surface area contributed by atoms with Gasteiger partial charge in [0.05, 0.1) is 16.4 Å². The maximum atomic E-state index is 13.0. The van der Waals surface area contributed by atoms with Crippen LogP contribution >= 0.6 is 0 Å². The Balaban J connectivity index is 2.05. The lowest BCUT2D eigenvalue weighted by atomic mass is 10.2. The number of benzene rings is 2. The molecule has 0 unspecified atom stereocenters. The second-order valence-corrected chi connectivity index (χ2v) is 5.98. The lowest BCUT2D eigenvalue weighted by molar-refractivity contribution is -0.423. The van der Waals surface area contributed by atoms with E-state index in [0.29, 0.717) is 5.39 Å². The Morgan fingerprint density at radius 3 is 2.61 bits per heavy atom. The van der Waals surface area contributed by atoms with E-state index in [1.807, 2.05) is 42.5 Å². The summed E-state index contributed by atoms with van der Waals surface area (Å²) >= 11 is 0. The lowest BCUT2D eigenvalue weighted by Gasteiger charge is -2.14. The number of hydrogen-bond donors (Lipinski definition) is 0. The predicted octanol–water partition coefficient (Wildman–Crippen LogP) is 3.22. The Morgan fingerprint density at radius 1 is 1.00 bits per heavy atom. The Kier molecular flexibility index (Phi) is 2.50. The van der Waals surface area contributed by atoms with E-state index in [0.717, 1.165) is 47.1 Å². The van der Waals surface area contributed by atoms with Crippen LogP contribution in [-0.4, -0.2) is 26.7 Å². The van der Waals surface area contributed by atoms with E-state index in [1.54, 1.807) is 4.40 Å². The van der Waals surface area contributed by atoms with Crippen molar-refractivity contribution in [1.82, 2.24) is 9.38 Å². The highest BCUT2D eigenvalue weighted by Gasteiger charge is 2.25. The number of fused-ring (bicyclic) bond motifs is 4. The Bertz CT molecular complexity index is 1110. The van der Waals surface area contributed by atoms with Gasteiger partial charge in [-0.05, 0) is 24.1 Å². The van der Waals surface area contributed by atoms with E-state index in [9.17, 15) is 5.11 Å². The summed E-state index contributed by atoms with van der Waals surface area (Å²) in [6.07, 6.45) is 4.43. The molecule has 0 radical (unpaired) electrons. The molecule has 0 amide bonds. The molecule has 4 heteroatoms. The second kappa shape index (κ2) is 4.56. The van der Waals surface area contributed by atoms with Crippen molar-refractivity contribution in [3.05, 3.63) is 48.5 Å². The first-order valence-electron chi connectivity index (χ1n) is 7.93. The van der Waals surface area contributed by atoms with Crippen LogP contribution in [0.5, 0.6) is 5.88 Å². The fourth-order valence-electron chi connectivity index (χ4n) is 3.59. The maximum Gasteiger partial charge on any atom is 0.258 e. The Labute approximate surface area is 132 Å². The van der Waals surface area contributed by atoms with Crippen molar-refractivity contribution < 1.29 is 9.68 Å². The van der Waals surface area contributed by atoms with Crippen molar-refractivity contribution in [2.75, 3.05) is 6.54 Å². The van der Waals surface area contributed by atoms with Gasteiger partial charge in [-0.15, -0.1) is 0 Å². The highest BCUT2D eigenvalue weighted by molar-refractivity contribution is 6.01. The number of aromatic nitrogens is 2. The molecule has 112 valence electrons. The molecule has 0 fully saturated rings. The van der Waals surface area contributed by atoms with E-state index < -0.39 is 0 Å². The van der Waals surface area contributed by atoms with Gasteiger partial charge in [0.15, 0.2) is 0 Å². The van der Waals surface area contributed by atoms with Gasteiger partial charge in [-0.3, -0.25) is 0 Å². The minimum Gasteiger partial charge on any atom is -0.859 e. The minimum atomic E-state index is 0.00671. The third kappa shape index (κ3) is 1.66. The molecule has 1 aliphatic rings. The van der Waals surface area contributed by atoms with Crippen LogP contribution in [0.25, 0.3) is 27.5 Å². The molecule has 0 bridgehead atoms. The molecule has 0 spiro atoms. The Morgan fingerprint density at radius 2 is 1.78 bits per heavy atom. The Hall–Kier alpha value is -2.88. The number of rotatable bonds is 1. The zero-order valence-corrected chi connectivity index (χ0v) is 12.6. The first-order valence-corrected chi connectivity index (χ1v) is 7.93. The summed E-state index contributed by atoms with van der Waals surface area (Å²) < 4.78 is 4.01. The van der Waals surface area contributed by atoms with E-state index in [4.69, 9.17) is 4.98 Å². The molecule has 0 aliphatic carbocycles. The average Bonchev–Trinajstić information content (AvgIpc) is 3.20. The normalized spacial score (nSPS) is 14.9. The smallest absolute Gasteiger partial charge is 0.258 e. The monoisotopic (exact) mass is 301 g/mol. The van der Waals surface area contributed by atoms with Gasteiger partial charge >= 0.3 is 0 Å². The van der Waals surface area contributed by atoms with Crippen molar-refractivity contribution in [3.8, 4) is 5.88 Å². The number of hydrogen-bond acceptors (Lipinski definition) is 2. The average molecular weight is 301 g/mol. The molecule has 0 atom stereocenters. The summed E-state index contributed by atoms with van der Waals surface area (Å²) in [5.74, 6) is 0.00671. The summed E-state index contributed by atoms with van der Waals surface area (Å²) in [4.78, 5) is 4.82. The number of para-hydroxylation sites is 2. The molecule has 0 N–H and O–H groups in total. The highest BCUT2D eigenvalue weighted by Crippen LogP contribution is 2.37. The van der Waals surface area contributed by atoms with Crippen LogP contribution in [0.3, 0.4) is 0 Å². The topological polar surface area (TPSA) is 43.4 Å². The van der Waals surface area contributed by atoms with Crippen LogP contribution in [0.15, 0.2) is 48.5 Å². The molecule has 23 heavy (non-hydrogen) atoms. The molecular formula is C19H15N3O. The van der Waals surface area contributed by atoms with Crippen molar-refractivity contribution >= 4 is 39.4 Å². The molecule has 0 saturated carbocycles. The largest absolute Gasteiger partial charge is 0.859 e. The molecule has 2 aromatic heterocycles. The second-order valence-electron chi connectivity index (χ2n) is 5.98. The molecule has 4 nitrogen and oxygen atoms in total. The zero-order valence-electron chi connectivity index (χ0n) is 12.6. The van der Waals surface area contributed by atoms with Crippen LogP contribution in [0, 0.1) is 0 Å². The minimum absolute atomic E-state index is 0.00671. The van der Waals surface area contributed by atoms with E-state index in [2.05, 4.69) is 16.9 Å². The zero-order chi connectivity index (χ0) is 15.4.